The van der Waals surface area contributed by atoms with Gasteiger partial charge in [-0.05, 0) is 31.0 Å². The molecule has 1 N–H and O–H groups in total. The Morgan fingerprint density at radius 2 is 2.00 bits per heavy atom. The summed E-state index contributed by atoms with van der Waals surface area (Å²) in [5.41, 5.74) is 0.546. The Morgan fingerprint density at radius 1 is 1.32 bits per heavy atom. The van der Waals surface area contributed by atoms with Crippen LogP contribution in [-0.4, -0.2) is 38.5 Å². The lowest BCUT2D eigenvalue weighted by molar-refractivity contribution is 0.0696. The van der Waals surface area contributed by atoms with E-state index in [1.807, 2.05) is 6.92 Å². The van der Waals surface area contributed by atoms with Crippen LogP contribution in [0.1, 0.15) is 29.3 Å². The first-order chi connectivity index (χ1) is 8.88. The predicted octanol–water partition coefficient (Wildman–Crippen LogP) is 1.89. The zero-order chi connectivity index (χ0) is 14.5. The number of ether oxygens (including phenoxy) is 1. The maximum absolute atomic E-state index is 12.0. The average Bonchev–Trinajstić information content (AvgIpc) is 2.34. The van der Waals surface area contributed by atoms with Crippen LogP contribution in [0.3, 0.4) is 0 Å². The Morgan fingerprint density at radius 3 is 2.58 bits per heavy atom. The maximum Gasteiger partial charge on any atom is 0.335 e. The molecule has 0 heterocycles. The van der Waals surface area contributed by atoms with Crippen LogP contribution in [0, 0.1) is 6.92 Å². The Balaban J connectivity index is 2.89. The van der Waals surface area contributed by atoms with Crippen molar-refractivity contribution in [3.8, 4) is 0 Å². The quantitative estimate of drug-likeness (QED) is 0.774. The van der Waals surface area contributed by atoms with E-state index in [2.05, 4.69) is 0 Å². The van der Waals surface area contributed by atoms with Crippen LogP contribution in [0.25, 0.3) is 0 Å². The minimum Gasteiger partial charge on any atom is -0.478 e. The van der Waals surface area contributed by atoms with Crippen LogP contribution in [0.15, 0.2) is 23.1 Å². The first-order valence-corrected chi connectivity index (χ1v) is 7.68. The van der Waals surface area contributed by atoms with E-state index in [-0.39, 0.29) is 22.8 Å². The van der Waals surface area contributed by atoms with Gasteiger partial charge in [-0.1, -0.05) is 13.0 Å². The molecular formula is C13H18O5S. The molecule has 0 spiro atoms. The van der Waals surface area contributed by atoms with Crippen molar-refractivity contribution < 1.29 is 23.1 Å². The lowest BCUT2D eigenvalue weighted by atomic mass is 10.1. The summed E-state index contributed by atoms with van der Waals surface area (Å²) in [6.45, 7) is 4.20. The summed E-state index contributed by atoms with van der Waals surface area (Å²) < 4.78 is 29.2. The van der Waals surface area contributed by atoms with Gasteiger partial charge < -0.3 is 9.84 Å². The van der Waals surface area contributed by atoms with Gasteiger partial charge in [0.15, 0.2) is 9.84 Å². The Bertz CT molecular complexity index is 548. The van der Waals surface area contributed by atoms with E-state index in [9.17, 15) is 13.2 Å². The normalized spacial score (nSPS) is 11.5. The third-order valence-electron chi connectivity index (χ3n) is 2.64. The molecule has 0 fully saturated rings. The van der Waals surface area contributed by atoms with Gasteiger partial charge in [0.1, 0.15) is 0 Å². The topological polar surface area (TPSA) is 80.7 Å². The van der Waals surface area contributed by atoms with Crippen molar-refractivity contribution in [2.75, 3.05) is 19.0 Å². The first kappa shape index (κ1) is 15.7. The molecule has 1 aromatic rings. The van der Waals surface area contributed by atoms with E-state index in [1.165, 1.54) is 18.2 Å². The number of carboxylic acids is 1. The molecule has 0 aliphatic heterocycles. The van der Waals surface area contributed by atoms with Gasteiger partial charge >= 0.3 is 5.97 Å². The van der Waals surface area contributed by atoms with Crippen molar-refractivity contribution in [1.29, 1.82) is 0 Å². The number of hydrogen-bond donors (Lipinski definition) is 1. The molecule has 1 aromatic carbocycles. The van der Waals surface area contributed by atoms with E-state index in [1.54, 1.807) is 6.92 Å². The highest BCUT2D eigenvalue weighted by Gasteiger charge is 2.17. The summed E-state index contributed by atoms with van der Waals surface area (Å²) in [7, 11) is -3.50. The molecule has 0 radical (unpaired) electrons. The molecular weight excluding hydrogens is 268 g/mol. The fraction of sp³-hybridized carbons (Fsp3) is 0.462. The molecule has 1 rings (SSSR count). The Kier molecular flexibility index (Phi) is 5.50. The van der Waals surface area contributed by atoms with Crippen LogP contribution in [0.2, 0.25) is 0 Å². The number of aryl methyl sites for hydroxylation is 1. The van der Waals surface area contributed by atoms with Gasteiger partial charge in [-0.25, -0.2) is 13.2 Å². The minimum absolute atomic E-state index is 0.00977. The molecule has 6 heteroatoms. The average molecular weight is 286 g/mol. The Labute approximate surface area is 113 Å². The molecule has 0 atom stereocenters. The SMILES string of the molecule is CCCOCCS(=O)(=O)c1ccc(C)c(C(=O)O)c1. The molecule has 0 unspecified atom stereocenters. The van der Waals surface area contributed by atoms with Gasteiger partial charge in [0.25, 0.3) is 0 Å². The molecule has 0 aromatic heterocycles. The molecule has 0 saturated heterocycles. The molecule has 19 heavy (non-hydrogen) atoms. The van der Waals surface area contributed by atoms with Gasteiger partial charge in [-0.3, -0.25) is 0 Å². The number of sulfone groups is 1. The second kappa shape index (κ2) is 6.68. The van der Waals surface area contributed by atoms with Gasteiger partial charge in [-0.2, -0.15) is 0 Å². The molecule has 0 amide bonds. The zero-order valence-electron chi connectivity index (χ0n) is 11.0. The predicted molar refractivity (Wildman–Crippen MR) is 71.3 cm³/mol. The molecule has 0 bridgehead atoms. The number of hydrogen-bond acceptors (Lipinski definition) is 4. The smallest absolute Gasteiger partial charge is 0.335 e. The highest BCUT2D eigenvalue weighted by molar-refractivity contribution is 7.91. The van der Waals surface area contributed by atoms with Crippen molar-refractivity contribution in [3.63, 3.8) is 0 Å². The van der Waals surface area contributed by atoms with E-state index in [4.69, 9.17) is 9.84 Å². The third-order valence-corrected chi connectivity index (χ3v) is 4.32. The van der Waals surface area contributed by atoms with E-state index >= 15 is 0 Å². The number of carbonyl (C=O) groups is 1. The minimum atomic E-state index is -3.50. The van der Waals surface area contributed by atoms with Crippen LogP contribution >= 0.6 is 0 Å². The van der Waals surface area contributed by atoms with Crippen molar-refractivity contribution in [1.82, 2.24) is 0 Å². The monoisotopic (exact) mass is 286 g/mol. The first-order valence-electron chi connectivity index (χ1n) is 6.03. The maximum atomic E-state index is 12.0. The van der Waals surface area contributed by atoms with Gasteiger partial charge in [0.2, 0.25) is 0 Å². The molecule has 0 saturated carbocycles. The number of rotatable bonds is 7. The number of aromatic carboxylic acids is 1. The second-order valence-electron chi connectivity index (χ2n) is 4.21. The van der Waals surface area contributed by atoms with Crippen LogP contribution in [0.4, 0.5) is 0 Å². The summed E-state index contributed by atoms with van der Waals surface area (Å²) in [5, 5.41) is 8.98. The molecule has 0 aliphatic rings. The fourth-order valence-corrected chi connectivity index (χ4v) is 2.70. The van der Waals surface area contributed by atoms with Crippen molar-refractivity contribution in [2.24, 2.45) is 0 Å². The molecule has 5 nitrogen and oxygen atoms in total. The number of carboxylic acid groups (broad SMARTS) is 1. The van der Waals surface area contributed by atoms with Crippen molar-refractivity contribution >= 4 is 15.8 Å². The summed E-state index contributed by atoms with van der Waals surface area (Å²) >= 11 is 0. The number of benzene rings is 1. The Hall–Kier alpha value is -1.40. The lowest BCUT2D eigenvalue weighted by Gasteiger charge is -2.07. The zero-order valence-corrected chi connectivity index (χ0v) is 11.9. The van der Waals surface area contributed by atoms with Gasteiger partial charge in [-0.15, -0.1) is 0 Å². The summed E-state index contributed by atoms with van der Waals surface area (Å²) in [6, 6.07) is 4.13. The standard InChI is InChI=1S/C13H18O5S/c1-3-6-18-7-8-19(16,17)11-5-4-10(2)12(9-11)13(14)15/h4-5,9H,3,6-8H2,1-2H3,(H,14,15). The largest absolute Gasteiger partial charge is 0.478 e. The third kappa shape index (κ3) is 4.33. The summed E-state index contributed by atoms with van der Waals surface area (Å²) in [4.78, 5) is 11.0. The second-order valence-corrected chi connectivity index (χ2v) is 6.32. The summed E-state index contributed by atoms with van der Waals surface area (Å²) in [5.74, 6) is -1.27. The van der Waals surface area contributed by atoms with Crippen LogP contribution < -0.4 is 0 Å². The van der Waals surface area contributed by atoms with E-state index in [0.717, 1.165) is 6.42 Å². The van der Waals surface area contributed by atoms with Crippen LogP contribution in [0.5, 0.6) is 0 Å². The fourth-order valence-electron chi connectivity index (χ4n) is 1.56. The van der Waals surface area contributed by atoms with Gasteiger partial charge in [0, 0.05) is 6.61 Å². The lowest BCUT2D eigenvalue weighted by Crippen LogP contribution is -2.14. The van der Waals surface area contributed by atoms with E-state index < -0.39 is 15.8 Å². The highest BCUT2D eigenvalue weighted by Crippen LogP contribution is 2.17. The van der Waals surface area contributed by atoms with Crippen LogP contribution in [-0.2, 0) is 14.6 Å². The highest BCUT2D eigenvalue weighted by atomic mass is 32.2. The molecule has 0 aliphatic carbocycles. The van der Waals surface area contributed by atoms with Crippen molar-refractivity contribution in [2.45, 2.75) is 25.2 Å². The summed E-state index contributed by atoms with van der Waals surface area (Å²) in [6.07, 6.45) is 0.827. The van der Waals surface area contributed by atoms with Crippen molar-refractivity contribution in [3.05, 3.63) is 29.3 Å². The van der Waals surface area contributed by atoms with E-state index in [0.29, 0.717) is 12.2 Å². The molecule has 106 valence electrons. The van der Waals surface area contributed by atoms with Gasteiger partial charge in [0.05, 0.1) is 22.8 Å².